The third-order valence-corrected chi connectivity index (χ3v) is 3.47. The fraction of sp³-hybridized carbons (Fsp3) is 1.00. The molecule has 1 nitrogen and oxygen atoms in total. The Morgan fingerprint density at radius 1 is 1.07 bits per heavy atom. The summed E-state index contributed by atoms with van der Waals surface area (Å²) in [7, 11) is 2.11. The number of hydrogen-bond acceptors (Lipinski definition) is 1. The van der Waals surface area contributed by atoms with E-state index >= 15 is 0 Å². The SMILES string of the molecule is CCCC(NC)C(CC)CC(C)CC. The van der Waals surface area contributed by atoms with Crippen LogP contribution in [0.1, 0.15) is 59.8 Å². The van der Waals surface area contributed by atoms with Crippen LogP contribution in [0.5, 0.6) is 0 Å². The average Bonchev–Trinajstić information content (AvgIpc) is 2.22. The molecule has 0 amide bonds. The van der Waals surface area contributed by atoms with E-state index in [0.717, 1.165) is 17.9 Å². The van der Waals surface area contributed by atoms with Crippen molar-refractivity contribution in [1.82, 2.24) is 5.32 Å². The predicted octanol–water partition coefficient (Wildman–Crippen LogP) is 3.84. The highest BCUT2D eigenvalue weighted by Crippen LogP contribution is 2.23. The summed E-state index contributed by atoms with van der Waals surface area (Å²) >= 11 is 0. The molecule has 0 aromatic carbocycles. The van der Waals surface area contributed by atoms with Gasteiger partial charge in [-0.2, -0.15) is 0 Å². The Morgan fingerprint density at radius 2 is 1.71 bits per heavy atom. The summed E-state index contributed by atoms with van der Waals surface area (Å²) < 4.78 is 0. The molecule has 0 fully saturated rings. The van der Waals surface area contributed by atoms with E-state index in [-0.39, 0.29) is 0 Å². The van der Waals surface area contributed by atoms with Gasteiger partial charge in [0.2, 0.25) is 0 Å². The molecule has 0 aromatic rings. The van der Waals surface area contributed by atoms with Gasteiger partial charge >= 0.3 is 0 Å². The molecule has 3 atom stereocenters. The maximum atomic E-state index is 3.48. The Balaban J connectivity index is 4.06. The number of hydrogen-bond donors (Lipinski definition) is 1. The topological polar surface area (TPSA) is 12.0 Å². The van der Waals surface area contributed by atoms with Crippen molar-refractivity contribution in [1.29, 1.82) is 0 Å². The maximum Gasteiger partial charge on any atom is 0.00922 e. The summed E-state index contributed by atoms with van der Waals surface area (Å²) in [6.07, 6.45) is 6.64. The first-order valence-corrected chi connectivity index (χ1v) is 6.36. The Labute approximate surface area is 90.7 Å². The molecular formula is C13H29N. The van der Waals surface area contributed by atoms with E-state index in [4.69, 9.17) is 0 Å². The van der Waals surface area contributed by atoms with Gasteiger partial charge in [-0.15, -0.1) is 0 Å². The zero-order chi connectivity index (χ0) is 11.0. The molecule has 0 heterocycles. The van der Waals surface area contributed by atoms with Crippen LogP contribution in [0.15, 0.2) is 0 Å². The van der Waals surface area contributed by atoms with Crippen molar-refractivity contribution in [2.24, 2.45) is 11.8 Å². The maximum absolute atomic E-state index is 3.48. The highest BCUT2D eigenvalue weighted by Gasteiger charge is 2.19. The van der Waals surface area contributed by atoms with Crippen LogP contribution in [0.3, 0.4) is 0 Å². The van der Waals surface area contributed by atoms with Crippen molar-refractivity contribution in [3.05, 3.63) is 0 Å². The van der Waals surface area contributed by atoms with Crippen LogP contribution in [0.4, 0.5) is 0 Å². The van der Waals surface area contributed by atoms with E-state index < -0.39 is 0 Å². The quantitative estimate of drug-likeness (QED) is 0.626. The normalized spacial score (nSPS) is 17.8. The van der Waals surface area contributed by atoms with Gasteiger partial charge in [0.1, 0.15) is 0 Å². The second-order valence-electron chi connectivity index (χ2n) is 4.60. The molecule has 3 unspecified atom stereocenters. The van der Waals surface area contributed by atoms with Gasteiger partial charge in [-0.1, -0.05) is 47.0 Å². The second-order valence-corrected chi connectivity index (χ2v) is 4.60. The van der Waals surface area contributed by atoms with Gasteiger partial charge in [-0.25, -0.2) is 0 Å². The minimum absolute atomic E-state index is 0.735. The van der Waals surface area contributed by atoms with Gasteiger partial charge in [-0.3, -0.25) is 0 Å². The van der Waals surface area contributed by atoms with E-state index in [1.54, 1.807) is 0 Å². The molecule has 0 aliphatic rings. The van der Waals surface area contributed by atoms with Crippen molar-refractivity contribution in [2.45, 2.75) is 65.8 Å². The zero-order valence-electron chi connectivity index (χ0n) is 10.8. The highest BCUT2D eigenvalue weighted by molar-refractivity contribution is 4.75. The van der Waals surface area contributed by atoms with E-state index in [0.29, 0.717) is 0 Å². The standard InChI is InChI=1S/C13H29N/c1-6-9-13(14-5)12(8-3)10-11(4)7-2/h11-14H,6-10H2,1-5H3. The third-order valence-electron chi connectivity index (χ3n) is 3.47. The molecule has 0 bridgehead atoms. The van der Waals surface area contributed by atoms with Crippen molar-refractivity contribution < 1.29 is 0 Å². The van der Waals surface area contributed by atoms with Gasteiger partial charge in [0.05, 0.1) is 0 Å². The Kier molecular flexibility index (Phi) is 8.26. The lowest BCUT2D eigenvalue weighted by molar-refractivity contribution is 0.280. The minimum Gasteiger partial charge on any atom is -0.317 e. The van der Waals surface area contributed by atoms with E-state index in [1.165, 1.54) is 32.1 Å². The smallest absolute Gasteiger partial charge is 0.00922 e. The molecule has 14 heavy (non-hydrogen) atoms. The summed E-state index contributed by atoms with van der Waals surface area (Å²) in [5, 5.41) is 3.48. The van der Waals surface area contributed by atoms with Gasteiger partial charge in [0, 0.05) is 6.04 Å². The lowest BCUT2D eigenvalue weighted by Gasteiger charge is -2.27. The third kappa shape index (κ3) is 4.99. The summed E-state index contributed by atoms with van der Waals surface area (Å²) in [5.74, 6) is 1.75. The van der Waals surface area contributed by atoms with Crippen molar-refractivity contribution in [3.63, 3.8) is 0 Å². The van der Waals surface area contributed by atoms with Crippen molar-refractivity contribution >= 4 is 0 Å². The lowest BCUT2D eigenvalue weighted by Crippen LogP contribution is -2.34. The summed E-state index contributed by atoms with van der Waals surface area (Å²) in [6, 6.07) is 0.735. The minimum atomic E-state index is 0.735. The monoisotopic (exact) mass is 199 g/mol. The van der Waals surface area contributed by atoms with E-state index in [2.05, 4.69) is 40.1 Å². The van der Waals surface area contributed by atoms with Gasteiger partial charge in [0.25, 0.3) is 0 Å². The van der Waals surface area contributed by atoms with E-state index in [9.17, 15) is 0 Å². The molecule has 0 rings (SSSR count). The van der Waals surface area contributed by atoms with Gasteiger partial charge < -0.3 is 5.32 Å². The summed E-state index contributed by atoms with van der Waals surface area (Å²) in [4.78, 5) is 0. The molecule has 86 valence electrons. The predicted molar refractivity (Wildman–Crippen MR) is 65.6 cm³/mol. The van der Waals surface area contributed by atoms with Crippen LogP contribution in [0, 0.1) is 11.8 Å². The second kappa shape index (κ2) is 8.28. The van der Waals surface area contributed by atoms with Crippen LogP contribution < -0.4 is 5.32 Å². The van der Waals surface area contributed by atoms with Crippen LogP contribution in [0.2, 0.25) is 0 Å². The largest absolute Gasteiger partial charge is 0.317 e. The molecule has 0 aliphatic carbocycles. The van der Waals surface area contributed by atoms with Gasteiger partial charge in [0.15, 0.2) is 0 Å². The number of nitrogens with one attached hydrogen (secondary N) is 1. The lowest BCUT2D eigenvalue weighted by atomic mass is 9.85. The average molecular weight is 199 g/mol. The first-order chi connectivity index (χ1) is 6.69. The Hall–Kier alpha value is -0.0400. The van der Waals surface area contributed by atoms with Gasteiger partial charge in [-0.05, 0) is 31.7 Å². The molecule has 0 spiro atoms. The first-order valence-electron chi connectivity index (χ1n) is 6.36. The molecule has 0 radical (unpaired) electrons. The molecule has 0 aliphatic heterocycles. The van der Waals surface area contributed by atoms with Crippen LogP contribution in [-0.4, -0.2) is 13.1 Å². The molecule has 1 heteroatoms. The van der Waals surface area contributed by atoms with Crippen LogP contribution in [-0.2, 0) is 0 Å². The number of rotatable bonds is 8. The van der Waals surface area contributed by atoms with Crippen LogP contribution in [0.25, 0.3) is 0 Å². The first kappa shape index (κ1) is 14.0. The zero-order valence-corrected chi connectivity index (χ0v) is 10.8. The Bertz CT molecular complexity index is 122. The summed E-state index contributed by atoms with van der Waals surface area (Å²) in [6.45, 7) is 9.28. The van der Waals surface area contributed by atoms with Crippen molar-refractivity contribution in [2.75, 3.05) is 7.05 Å². The fourth-order valence-corrected chi connectivity index (χ4v) is 2.23. The van der Waals surface area contributed by atoms with Crippen molar-refractivity contribution in [3.8, 4) is 0 Å². The molecular weight excluding hydrogens is 170 g/mol. The highest BCUT2D eigenvalue weighted by atomic mass is 14.9. The Morgan fingerprint density at radius 3 is 2.07 bits per heavy atom. The van der Waals surface area contributed by atoms with Crippen LogP contribution >= 0.6 is 0 Å². The molecule has 0 saturated carbocycles. The molecule has 0 aromatic heterocycles. The fourth-order valence-electron chi connectivity index (χ4n) is 2.23. The molecule has 1 N–H and O–H groups in total. The van der Waals surface area contributed by atoms with E-state index in [1.807, 2.05) is 0 Å². The molecule has 0 saturated heterocycles. The summed E-state index contributed by atoms with van der Waals surface area (Å²) in [5.41, 5.74) is 0.